The molecular formula is C18H19NO4. The highest BCUT2D eigenvalue weighted by atomic mass is 16.7. The van der Waals surface area contributed by atoms with Crippen LogP contribution in [0.15, 0.2) is 52.7 Å². The molecule has 0 spiro atoms. The summed E-state index contributed by atoms with van der Waals surface area (Å²) in [6, 6.07) is 6.55. The summed E-state index contributed by atoms with van der Waals surface area (Å²) in [6.07, 6.45) is 3.18. The van der Waals surface area contributed by atoms with Crippen molar-refractivity contribution in [1.29, 1.82) is 0 Å². The Bertz CT molecular complexity index is 709. The minimum Gasteiger partial charge on any atom is -0.497 e. The van der Waals surface area contributed by atoms with Gasteiger partial charge in [-0.15, -0.1) is 0 Å². The Morgan fingerprint density at radius 1 is 1.13 bits per heavy atom. The number of rotatable bonds is 4. The van der Waals surface area contributed by atoms with E-state index < -0.39 is 5.97 Å². The largest absolute Gasteiger partial charge is 0.497 e. The van der Waals surface area contributed by atoms with Gasteiger partial charge in [-0.25, -0.2) is 4.79 Å². The zero-order valence-corrected chi connectivity index (χ0v) is 13.6. The lowest BCUT2D eigenvalue weighted by molar-refractivity contribution is -0.111. The first-order chi connectivity index (χ1) is 10.9. The van der Waals surface area contributed by atoms with Gasteiger partial charge in [0.15, 0.2) is 5.78 Å². The lowest BCUT2D eigenvalue weighted by Crippen LogP contribution is -2.16. The highest BCUT2D eigenvalue weighted by Gasteiger charge is 2.19. The van der Waals surface area contributed by atoms with Crippen LogP contribution in [-0.4, -0.2) is 24.6 Å². The van der Waals surface area contributed by atoms with Crippen molar-refractivity contribution >= 4 is 17.5 Å². The number of carbonyl (C=O) groups is 2. The highest BCUT2D eigenvalue weighted by molar-refractivity contribution is 6.21. The maximum Gasteiger partial charge on any atom is 0.365 e. The van der Waals surface area contributed by atoms with E-state index >= 15 is 0 Å². The van der Waals surface area contributed by atoms with Crippen molar-refractivity contribution in [3.05, 3.63) is 53.1 Å². The van der Waals surface area contributed by atoms with Crippen LogP contribution in [0.25, 0.3) is 0 Å². The van der Waals surface area contributed by atoms with Crippen LogP contribution in [0.1, 0.15) is 31.1 Å². The van der Waals surface area contributed by atoms with E-state index in [9.17, 15) is 9.59 Å². The molecule has 1 aromatic rings. The number of oxime groups is 1. The predicted octanol–water partition coefficient (Wildman–Crippen LogP) is 3.32. The second-order valence-corrected chi connectivity index (χ2v) is 5.53. The lowest BCUT2D eigenvalue weighted by Gasteiger charge is -2.14. The molecule has 2 rings (SSSR count). The van der Waals surface area contributed by atoms with Gasteiger partial charge in [-0.05, 0) is 54.8 Å². The van der Waals surface area contributed by atoms with Crippen molar-refractivity contribution in [2.75, 3.05) is 7.11 Å². The molecule has 0 aromatic heterocycles. The molecular weight excluding hydrogens is 294 g/mol. The van der Waals surface area contributed by atoms with Crippen LogP contribution < -0.4 is 4.74 Å². The summed E-state index contributed by atoms with van der Waals surface area (Å²) in [5.74, 6) is 0.138. The molecule has 0 atom stereocenters. The molecule has 23 heavy (non-hydrogen) atoms. The second-order valence-electron chi connectivity index (χ2n) is 5.53. The number of ether oxygens (including phenoxy) is 1. The number of allylic oxidation sites excluding steroid dienone is 4. The number of carbonyl (C=O) groups excluding carboxylic acids is 2. The van der Waals surface area contributed by atoms with Crippen LogP contribution in [0, 0.1) is 5.92 Å². The van der Waals surface area contributed by atoms with Gasteiger partial charge in [0.1, 0.15) is 11.5 Å². The first kappa shape index (κ1) is 16.7. The molecule has 0 saturated carbocycles. The van der Waals surface area contributed by atoms with Crippen LogP contribution >= 0.6 is 0 Å². The molecule has 0 saturated heterocycles. The molecule has 0 fully saturated rings. The standard InChI is InChI=1S/C18H19NO4/c1-11(2)15-10-16(12(3)9-17(15)20)19-23-18(21)13-5-7-14(22-4)8-6-13/h5-11H,1-4H3/b19-16-. The number of ketones is 1. The van der Waals surface area contributed by atoms with Crippen molar-refractivity contribution < 1.29 is 19.2 Å². The van der Waals surface area contributed by atoms with Gasteiger partial charge in [0, 0.05) is 5.57 Å². The van der Waals surface area contributed by atoms with Crippen LogP contribution in [0.5, 0.6) is 5.75 Å². The number of hydrogen-bond donors (Lipinski definition) is 0. The fourth-order valence-corrected chi connectivity index (χ4v) is 2.11. The molecule has 0 aliphatic heterocycles. The van der Waals surface area contributed by atoms with Crippen molar-refractivity contribution in [2.24, 2.45) is 11.1 Å². The molecule has 5 heteroatoms. The zero-order chi connectivity index (χ0) is 17.0. The Morgan fingerprint density at radius 3 is 2.35 bits per heavy atom. The predicted molar refractivity (Wildman–Crippen MR) is 87.5 cm³/mol. The Labute approximate surface area is 135 Å². The number of hydrogen-bond acceptors (Lipinski definition) is 5. The monoisotopic (exact) mass is 313 g/mol. The normalized spacial score (nSPS) is 16.2. The topological polar surface area (TPSA) is 65.0 Å². The van der Waals surface area contributed by atoms with E-state index in [0.29, 0.717) is 28.2 Å². The second kappa shape index (κ2) is 7.05. The van der Waals surface area contributed by atoms with E-state index in [1.165, 1.54) is 6.08 Å². The van der Waals surface area contributed by atoms with E-state index in [1.807, 2.05) is 13.8 Å². The third-order valence-corrected chi connectivity index (χ3v) is 3.50. The third kappa shape index (κ3) is 3.94. The van der Waals surface area contributed by atoms with E-state index in [4.69, 9.17) is 9.57 Å². The first-order valence-electron chi connectivity index (χ1n) is 7.30. The molecule has 0 bridgehead atoms. The lowest BCUT2D eigenvalue weighted by atomic mass is 9.90. The first-order valence-corrected chi connectivity index (χ1v) is 7.30. The van der Waals surface area contributed by atoms with Gasteiger partial charge < -0.3 is 9.57 Å². The van der Waals surface area contributed by atoms with Crippen molar-refractivity contribution in [2.45, 2.75) is 20.8 Å². The summed E-state index contributed by atoms with van der Waals surface area (Å²) in [5, 5.41) is 3.89. The molecule has 1 aliphatic carbocycles. The number of nitrogens with zero attached hydrogens (tertiary/aromatic N) is 1. The zero-order valence-electron chi connectivity index (χ0n) is 13.6. The molecule has 0 unspecified atom stereocenters. The van der Waals surface area contributed by atoms with Crippen LogP contribution in [-0.2, 0) is 9.63 Å². The maximum absolute atomic E-state index is 12.0. The Morgan fingerprint density at radius 2 is 1.78 bits per heavy atom. The molecule has 1 aromatic carbocycles. The molecule has 0 N–H and O–H groups in total. The summed E-state index contributed by atoms with van der Waals surface area (Å²) in [4.78, 5) is 28.9. The van der Waals surface area contributed by atoms with Gasteiger partial charge in [0.25, 0.3) is 0 Å². The Kier molecular flexibility index (Phi) is 5.11. The molecule has 0 heterocycles. The quantitative estimate of drug-likeness (QED) is 0.486. The fourth-order valence-electron chi connectivity index (χ4n) is 2.11. The minimum absolute atomic E-state index is 0.0297. The summed E-state index contributed by atoms with van der Waals surface area (Å²) < 4.78 is 5.04. The van der Waals surface area contributed by atoms with Crippen molar-refractivity contribution in [3.63, 3.8) is 0 Å². The van der Waals surface area contributed by atoms with Gasteiger partial charge in [-0.3, -0.25) is 4.79 Å². The molecule has 0 radical (unpaired) electrons. The highest BCUT2D eigenvalue weighted by Crippen LogP contribution is 2.19. The molecule has 5 nitrogen and oxygen atoms in total. The summed E-state index contributed by atoms with van der Waals surface area (Å²) >= 11 is 0. The Balaban J connectivity index is 2.16. The van der Waals surface area contributed by atoms with E-state index in [2.05, 4.69) is 5.16 Å². The van der Waals surface area contributed by atoms with Crippen LogP contribution in [0.2, 0.25) is 0 Å². The van der Waals surface area contributed by atoms with Gasteiger partial charge in [0.05, 0.1) is 12.7 Å². The van der Waals surface area contributed by atoms with Gasteiger partial charge in [-0.1, -0.05) is 19.0 Å². The fraction of sp³-hybridized carbons (Fsp3) is 0.278. The molecule has 0 amide bonds. The SMILES string of the molecule is COc1ccc(C(=O)O/N=C2/C=C(C(C)C)C(=O)C=C2C)cc1. The van der Waals surface area contributed by atoms with Gasteiger partial charge in [-0.2, -0.15) is 0 Å². The van der Waals surface area contributed by atoms with Crippen molar-refractivity contribution in [3.8, 4) is 5.75 Å². The van der Waals surface area contributed by atoms with Crippen LogP contribution in [0.4, 0.5) is 0 Å². The average molecular weight is 313 g/mol. The van der Waals surface area contributed by atoms with Gasteiger partial charge in [0.2, 0.25) is 0 Å². The van der Waals surface area contributed by atoms with E-state index in [1.54, 1.807) is 44.4 Å². The molecule has 1 aliphatic rings. The van der Waals surface area contributed by atoms with Crippen LogP contribution in [0.3, 0.4) is 0 Å². The van der Waals surface area contributed by atoms with Crippen molar-refractivity contribution in [1.82, 2.24) is 0 Å². The average Bonchev–Trinajstić information content (AvgIpc) is 2.53. The maximum atomic E-state index is 12.0. The molecule has 120 valence electrons. The summed E-state index contributed by atoms with van der Waals surface area (Å²) in [7, 11) is 1.55. The van der Waals surface area contributed by atoms with E-state index in [-0.39, 0.29) is 11.7 Å². The number of methoxy groups -OCH3 is 1. The minimum atomic E-state index is -0.565. The third-order valence-electron chi connectivity index (χ3n) is 3.50. The number of benzene rings is 1. The smallest absolute Gasteiger partial charge is 0.365 e. The summed E-state index contributed by atoms with van der Waals surface area (Å²) in [5.41, 5.74) is 2.17. The van der Waals surface area contributed by atoms with E-state index in [0.717, 1.165) is 0 Å². The Hall–Kier alpha value is -2.69. The summed E-state index contributed by atoms with van der Waals surface area (Å²) in [6.45, 7) is 5.62. The van der Waals surface area contributed by atoms with Gasteiger partial charge >= 0.3 is 5.97 Å².